The van der Waals surface area contributed by atoms with Crippen molar-refractivity contribution in [1.29, 1.82) is 0 Å². The summed E-state index contributed by atoms with van der Waals surface area (Å²) in [5.74, 6) is 0. The van der Waals surface area contributed by atoms with Gasteiger partial charge in [0.15, 0.2) is 0 Å². The number of hydrogen-bond acceptors (Lipinski definition) is 3. The Labute approximate surface area is 126 Å². The molecular weight excluding hydrogens is 268 g/mol. The number of aliphatic hydroxyl groups is 1. The number of aryl methyl sites for hydroxylation is 2. The van der Waals surface area contributed by atoms with Crippen molar-refractivity contribution < 1.29 is 9.90 Å². The highest BCUT2D eigenvalue weighted by atomic mass is 16.3. The van der Waals surface area contributed by atoms with Gasteiger partial charge in [-0.25, -0.2) is 4.79 Å². The summed E-state index contributed by atoms with van der Waals surface area (Å²) in [6.07, 6.45) is 1.71. The molecule has 21 heavy (non-hydrogen) atoms. The minimum absolute atomic E-state index is 0.0303. The van der Waals surface area contributed by atoms with Crippen molar-refractivity contribution in [2.45, 2.75) is 59.1 Å². The second-order valence-electron chi connectivity index (χ2n) is 5.63. The van der Waals surface area contributed by atoms with Crippen molar-refractivity contribution in [3.63, 3.8) is 0 Å². The fourth-order valence-electron chi connectivity index (χ4n) is 2.30. The van der Waals surface area contributed by atoms with Crippen LogP contribution in [0.25, 0.3) is 0 Å². The average Bonchev–Trinajstić information content (AvgIpc) is 2.65. The molecular formula is C15H28N4O2. The first-order valence-corrected chi connectivity index (χ1v) is 7.56. The smallest absolute Gasteiger partial charge is 0.315 e. The highest BCUT2D eigenvalue weighted by molar-refractivity contribution is 5.74. The van der Waals surface area contributed by atoms with E-state index < -0.39 is 0 Å². The standard InChI is InChI=1S/C15H28N4O2/c1-6-13(20)7-8-16-15(21)17-10(2)9-14-11(3)18-19(5)12(14)4/h10,13,20H,6-9H2,1-5H3,(H2,16,17,21). The molecule has 0 aliphatic rings. The van der Waals surface area contributed by atoms with Crippen LogP contribution in [0.4, 0.5) is 4.79 Å². The van der Waals surface area contributed by atoms with Gasteiger partial charge in [-0.05, 0) is 45.6 Å². The van der Waals surface area contributed by atoms with E-state index in [2.05, 4.69) is 15.7 Å². The topological polar surface area (TPSA) is 79.2 Å². The maximum Gasteiger partial charge on any atom is 0.315 e. The van der Waals surface area contributed by atoms with Crippen molar-refractivity contribution in [3.8, 4) is 0 Å². The van der Waals surface area contributed by atoms with Crippen molar-refractivity contribution in [2.75, 3.05) is 6.54 Å². The molecule has 6 heteroatoms. The summed E-state index contributed by atoms with van der Waals surface area (Å²) in [6, 6.07) is -0.160. The van der Waals surface area contributed by atoms with Crippen LogP contribution in [-0.4, -0.2) is 39.6 Å². The lowest BCUT2D eigenvalue weighted by Crippen LogP contribution is -2.42. The molecule has 0 bridgehead atoms. The Bertz CT molecular complexity index is 470. The lowest BCUT2D eigenvalue weighted by Gasteiger charge is -2.15. The fraction of sp³-hybridized carbons (Fsp3) is 0.733. The number of amides is 2. The molecule has 1 heterocycles. The maximum absolute atomic E-state index is 11.8. The Morgan fingerprint density at radius 2 is 2.10 bits per heavy atom. The predicted molar refractivity (Wildman–Crippen MR) is 83.3 cm³/mol. The van der Waals surface area contributed by atoms with Crippen LogP contribution in [0.3, 0.4) is 0 Å². The number of rotatable bonds is 7. The highest BCUT2D eigenvalue weighted by Gasteiger charge is 2.14. The van der Waals surface area contributed by atoms with Crippen LogP contribution in [0.1, 0.15) is 43.6 Å². The summed E-state index contributed by atoms with van der Waals surface area (Å²) in [5, 5.41) is 19.5. The molecule has 6 nitrogen and oxygen atoms in total. The van der Waals surface area contributed by atoms with Crippen molar-refractivity contribution in [3.05, 3.63) is 17.0 Å². The van der Waals surface area contributed by atoms with Gasteiger partial charge in [-0.2, -0.15) is 5.10 Å². The third kappa shape index (κ3) is 5.38. The number of urea groups is 1. The van der Waals surface area contributed by atoms with Crippen LogP contribution in [0.15, 0.2) is 0 Å². The first kappa shape index (κ1) is 17.5. The average molecular weight is 296 g/mol. The zero-order valence-corrected chi connectivity index (χ0v) is 13.7. The van der Waals surface area contributed by atoms with E-state index in [0.717, 1.165) is 17.8 Å². The lowest BCUT2D eigenvalue weighted by molar-refractivity contribution is 0.160. The van der Waals surface area contributed by atoms with Gasteiger partial charge in [0, 0.05) is 25.3 Å². The van der Waals surface area contributed by atoms with Gasteiger partial charge in [0.2, 0.25) is 0 Å². The second kappa shape index (κ2) is 8.02. The summed E-state index contributed by atoms with van der Waals surface area (Å²) < 4.78 is 1.86. The summed E-state index contributed by atoms with van der Waals surface area (Å²) >= 11 is 0. The minimum atomic E-state index is -0.344. The van der Waals surface area contributed by atoms with E-state index in [1.165, 1.54) is 5.56 Å². The van der Waals surface area contributed by atoms with Crippen molar-refractivity contribution in [2.24, 2.45) is 7.05 Å². The molecule has 0 saturated heterocycles. The minimum Gasteiger partial charge on any atom is -0.393 e. The quantitative estimate of drug-likeness (QED) is 0.712. The maximum atomic E-state index is 11.8. The van der Waals surface area contributed by atoms with Crippen LogP contribution in [-0.2, 0) is 13.5 Å². The number of nitrogens with zero attached hydrogens (tertiary/aromatic N) is 2. The van der Waals surface area contributed by atoms with E-state index in [9.17, 15) is 9.90 Å². The molecule has 120 valence electrons. The molecule has 2 atom stereocenters. The Hall–Kier alpha value is -1.56. The number of carbonyl (C=O) groups is 1. The van der Waals surface area contributed by atoms with Gasteiger partial charge in [0.25, 0.3) is 0 Å². The summed E-state index contributed by atoms with van der Waals surface area (Å²) in [6.45, 7) is 8.41. The molecule has 1 aromatic heterocycles. The zero-order chi connectivity index (χ0) is 16.0. The van der Waals surface area contributed by atoms with Gasteiger partial charge in [0.1, 0.15) is 0 Å². The molecule has 0 saturated carbocycles. The fourth-order valence-corrected chi connectivity index (χ4v) is 2.30. The molecule has 0 radical (unpaired) electrons. The third-order valence-electron chi connectivity index (χ3n) is 3.78. The SMILES string of the molecule is CCC(O)CCNC(=O)NC(C)Cc1c(C)nn(C)c1C. The molecule has 0 spiro atoms. The van der Waals surface area contributed by atoms with E-state index in [0.29, 0.717) is 19.4 Å². The molecule has 3 N–H and O–H groups in total. The second-order valence-corrected chi connectivity index (χ2v) is 5.63. The van der Waals surface area contributed by atoms with Gasteiger partial charge in [-0.1, -0.05) is 6.92 Å². The molecule has 1 aromatic rings. The van der Waals surface area contributed by atoms with Gasteiger partial charge in [-0.15, -0.1) is 0 Å². The molecule has 0 aliphatic carbocycles. The number of nitrogens with one attached hydrogen (secondary N) is 2. The number of carbonyl (C=O) groups excluding carboxylic acids is 1. The molecule has 0 aliphatic heterocycles. The normalized spacial score (nSPS) is 13.8. The van der Waals surface area contributed by atoms with Crippen LogP contribution in [0.2, 0.25) is 0 Å². The molecule has 2 amide bonds. The van der Waals surface area contributed by atoms with Crippen LogP contribution < -0.4 is 10.6 Å². The number of aliphatic hydroxyl groups excluding tert-OH is 1. The summed E-state index contributed by atoms with van der Waals surface area (Å²) in [4.78, 5) is 11.8. The first-order valence-electron chi connectivity index (χ1n) is 7.56. The van der Waals surface area contributed by atoms with Crippen LogP contribution in [0.5, 0.6) is 0 Å². The van der Waals surface area contributed by atoms with Crippen molar-refractivity contribution >= 4 is 6.03 Å². The monoisotopic (exact) mass is 296 g/mol. The van der Waals surface area contributed by atoms with Crippen LogP contribution >= 0.6 is 0 Å². The zero-order valence-electron chi connectivity index (χ0n) is 13.7. The van der Waals surface area contributed by atoms with Gasteiger partial charge >= 0.3 is 6.03 Å². The third-order valence-corrected chi connectivity index (χ3v) is 3.78. The first-order chi connectivity index (χ1) is 9.85. The lowest BCUT2D eigenvalue weighted by atomic mass is 10.1. The van der Waals surface area contributed by atoms with E-state index in [-0.39, 0.29) is 18.2 Å². The summed E-state index contributed by atoms with van der Waals surface area (Å²) in [5.41, 5.74) is 3.33. The van der Waals surface area contributed by atoms with Gasteiger partial charge in [0.05, 0.1) is 11.8 Å². The molecule has 2 unspecified atom stereocenters. The van der Waals surface area contributed by atoms with E-state index in [1.807, 2.05) is 39.4 Å². The molecule has 0 fully saturated rings. The Balaban J connectivity index is 2.39. The Morgan fingerprint density at radius 3 is 2.62 bits per heavy atom. The largest absolute Gasteiger partial charge is 0.393 e. The van der Waals surface area contributed by atoms with Crippen molar-refractivity contribution in [1.82, 2.24) is 20.4 Å². The van der Waals surface area contributed by atoms with E-state index in [1.54, 1.807) is 0 Å². The van der Waals surface area contributed by atoms with Crippen LogP contribution in [0, 0.1) is 13.8 Å². The highest BCUT2D eigenvalue weighted by Crippen LogP contribution is 2.14. The number of aromatic nitrogens is 2. The molecule has 1 rings (SSSR count). The van der Waals surface area contributed by atoms with E-state index >= 15 is 0 Å². The number of hydrogen-bond donors (Lipinski definition) is 3. The predicted octanol–water partition coefficient (Wildman–Crippen LogP) is 1.43. The Morgan fingerprint density at radius 1 is 1.43 bits per heavy atom. The van der Waals surface area contributed by atoms with E-state index in [4.69, 9.17) is 0 Å². The molecule has 0 aromatic carbocycles. The van der Waals surface area contributed by atoms with Gasteiger partial charge in [-0.3, -0.25) is 4.68 Å². The summed E-state index contributed by atoms with van der Waals surface area (Å²) in [7, 11) is 1.93. The Kier molecular flexibility index (Phi) is 6.68. The van der Waals surface area contributed by atoms with Gasteiger partial charge < -0.3 is 15.7 Å².